The molecule has 140 valence electrons. The molecule has 0 aromatic rings. The molecule has 23 heavy (non-hydrogen) atoms. The summed E-state index contributed by atoms with van der Waals surface area (Å²) < 4.78 is 5.05. The molecule has 0 bridgehead atoms. The van der Waals surface area contributed by atoms with E-state index in [0.717, 1.165) is 25.7 Å². The van der Waals surface area contributed by atoms with Crippen LogP contribution in [0.25, 0.3) is 0 Å². The van der Waals surface area contributed by atoms with Gasteiger partial charge >= 0.3 is 29.9 Å². The molecule has 0 aliphatic rings. The van der Waals surface area contributed by atoms with Crippen molar-refractivity contribution in [1.29, 1.82) is 0 Å². The zero-order valence-corrected chi connectivity index (χ0v) is 19.0. The molecule has 0 fully saturated rings. The van der Waals surface area contributed by atoms with E-state index in [9.17, 15) is 4.79 Å². The predicted molar refractivity (Wildman–Crippen MR) is 96.0 cm³/mol. The Hall–Kier alpha value is 0.109. The van der Waals surface area contributed by atoms with Crippen LogP contribution in [0.4, 0.5) is 0 Å². The number of esters is 1. The summed E-state index contributed by atoms with van der Waals surface area (Å²) in [4.78, 5) is 11.1. The molecule has 0 aromatic carbocycles. The molecule has 0 rings (SSSR count). The third kappa shape index (κ3) is 20.1. The van der Waals surface area contributed by atoms with Crippen LogP contribution in [0.2, 0.25) is 0 Å². The Bertz CT molecular complexity index is 242. The van der Waals surface area contributed by atoms with Gasteiger partial charge in [0.1, 0.15) is 0 Å². The first-order valence-corrected chi connectivity index (χ1v) is 8.26. The number of aliphatic hydroxyl groups is 3. The molecule has 6 nitrogen and oxygen atoms in total. The van der Waals surface area contributed by atoms with Gasteiger partial charge in [-0.1, -0.05) is 46.0 Å². The Morgan fingerprint density at radius 3 is 1.78 bits per heavy atom. The van der Waals surface area contributed by atoms with Crippen molar-refractivity contribution < 1.29 is 24.9 Å². The Morgan fingerprint density at radius 2 is 1.39 bits per heavy atom. The summed E-state index contributed by atoms with van der Waals surface area (Å²) in [5, 5.41) is 25.0. The molecule has 0 heterocycles. The summed E-state index contributed by atoms with van der Waals surface area (Å²) >= 11 is 0. The summed E-state index contributed by atoms with van der Waals surface area (Å²) in [6.45, 7) is 3.68. The second-order valence-electron chi connectivity index (χ2n) is 5.57. The average molecular weight is 442 g/mol. The van der Waals surface area contributed by atoms with Crippen LogP contribution < -0.4 is 5.73 Å². The molecule has 0 unspecified atom stereocenters. The predicted octanol–water partition coefficient (Wildman–Crippen LogP) is 0.435. The van der Waals surface area contributed by atoms with Crippen LogP contribution in [-0.2, 0) is 9.53 Å². The minimum absolute atomic E-state index is 0. The number of rotatable bonds is 12. The van der Waals surface area contributed by atoms with Crippen molar-refractivity contribution in [3.63, 3.8) is 0 Å². The molecule has 7 heteroatoms. The second-order valence-corrected chi connectivity index (χ2v) is 5.57. The fourth-order valence-corrected chi connectivity index (χ4v) is 1.43. The zero-order valence-electron chi connectivity index (χ0n) is 14.9. The molecule has 0 atom stereocenters. The number of carbonyl (C=O) groups excluding carboxylic acids is 1. The average Bonchev–Trinajstić information content (AvgIpc) is 2.55. The van der Waals surface area contributed by atoms with E-state index in [1.807, 2.05) is 0 Å². The van der Waals surface area contributed by atoms with Crippen molar-refractivity contribution in [3.05, 3.63) is 0 Å². The molecule has 0 aromatic heterocycles. The van der Waals surface area contributed by atoms with Crippen LogP contribution in [0, 0.1) is 0 Å². The molecule has 5 N–H and O–H groups in total. The van der Waals surface area contributed by atoms with Gasteiger partial charge < -0.3 is 25.8 Å². The van der Waals surface area contributed by atoms with Crippen molar-refractivity contribution in [3.8, 4) is 0 Å². The van der Waals surface area contributed by atoms with Crippen LogP contribution >= 0.6 is 0 Å². The molecule has 0 saturated carbocycles. The Kier molecular flexibility index (Phi) is 24.5. The third-order valence-electron chi connectivity index (χ3n) is 3.19. The van der Waals surface area contributed by atoms with Gasteiger partial charge in [-0.15, -0.1) is 0 Å². The van der Waals surface area contributed by atoms with Gasteiger partial charge in [0, 0.05) is 6.42 Å². The van der Waals surface area contributed by atoms with Crippen LogP contribution in [0.15, 0.2) is 0 Å². The molecular weight excluding hydrogens is 405 g/mol. The maximum atomic E-state index is 11.1. The van der Waals surface area contributed by atoms with Crippen LogP contribution in [-0.4, -0.2) is 77.2 Å². The SMILES string of the molecule is CCCCCCCC(=O)OCCCC.NC(CO)(CO)CO.[SnH2]. The molecular formula is C16H37NO5Sn. The number of aliphatic hydroxyl groups excluding tert-OH is 3. The molecule has 0 spiro atoms. The molecule has 0 saturated heterocycles. The summed E-state index contributed by atoms with van der Waals surface area (Å²) in [6, 6.07) is 0. The van der Waals surface area contributed by atoms with Crippen molar-refractivity contribution in [2.24, 2.45) is 5.73 Å². The number of carbonyl (C=O) groups is 1. The first kappa shape index (κ1) is 27.9. The van der Waals surface area contributed by atoms with Gasteiger partial charge in [-0.3, -0.25) is 4.79 Å². The molecule has 2 radical (unpaired) electrons. The van der Waals surface area contributed by atoms with E-state index in [1.165, 1.54) is 19.3 Å². The van der Waals surface area contributed by atoms with E-state index in [2.05, 4.69) is 13.8 Å². The third-order valence-corrected chi connectivity index (χ3v) is 3.19. The quantitative estimate of drug-likeness (QED) is 0.198. The van der Waals surface area contributed by atoms with Gasteiger partial charge in [0.2, 0.25) is 0 Å². The molecule has 0 aliphatic heterocycles. The number of nitrogens with two attached hydrogens (primary N) is 1. The van der Waals surface area contributed by atoms with Crippen LogP contribution in [0.5, 0.6) is 0 Å². The first-order valence-electron chi connectivity index (χ1n) is 8.26. The Balaban J connectivity index is -0.000000382. The van der Waals surface area contributed by atoms with Gasteiger partial charge in [-0.05, 0) is 12.8 Å². The van der Waals surface area contributed by atoms with Gasteiger partial charge in [0.25, 0.3) is 0 Å². The fraction of sp³-hybridized carbons (Fsp3) is 0.938. The Morgan fingerprint density at radius 1 is 0.913 bits per heavy atom. The number of ether oxygens (including phenoxy) is 1. The van der Waals surface area contributed by atoms with E-state index in [0.29, 0.717) is 13.0 Å². The summed E-state index contributed by atoms with van der Waals surface area (Å²) in [7, 11) is 0. The van der Waals surface area contributed by atoms with Gasteiger partial charge in [-0.25, -0.2) is 0 Å². The fourth-order valence-electron chi connectivity index (χ4n) is 1.43. The van der Waals surface area contributed by atoms with E-state index in [4.69, 9.17) is 25.8 Å². The van der Waals surface area contributed by atoms with Gasteiger partial charge in [0.05, 0.1) is 32.0 Å². The van der Waals surface area contributed by atoms with Gasteiger partial charge in [-0.2, -0.15) is 0 Å². The number of unbranched alkanes of at least 4 members (excludes halogenated alkanes) is 5. The zero-order chi connectivity index (χ0) is 17.3. The van der Waals surface area contributed by atoms with Crippen molar-refractivity contribution in [1.82, 2.24) is 0 Å². The summed E-state index contributed by atoms with van der Waals surface area (Å²) in [6.07, 6.45) is 8.62. The van der Waals surface area contributed by atoms with E-state index >= 15 is 0 Å². The van der Waals surface area contributed by atoms with E-state index in [1.54, 1.807) is 0 Å². The van der Waals surface area contributed by atoms with Crippen molar-refractivity contribution >= 4 is 29.9 Å². The Labute approximate surface area is 157 Å². The second kappa shape index (κ2) is 20.2. The standard InChI is InChI=1S/C12H24O2.C4H11NO3.Sn.2H/c1-3-5-7-8-9-10-12(13)14-11-6-4-2;5-4(1-6,2-7)3-8;;;/h3-11H2,1-2H3;6-8H,1-3,5H2;;;. The van der Waals surface area contributed by atoms with E-state index in [-0.39, 0.29) is 29.9 Å². The van der Waals surface area contributed by atoms with Crippen LogP contribution in [0.1, 0.15) is 65.2 Å². The minimum atomic E-state index is -1.21. The summed E-state index contributed by atoms with van der Waals surface area (Å²) in [5.74, 6) is -0.0186. The first-order chi connectivity index (χ1) is 10.5. The number of hydrogen-bond acceptors (Lipinski definition) is 6. The normalized spacial score (nSPS) is 10.3. The number of hydrogen-bond donors (Lipinski definition) is 4. The van der Waals surface area contributed by atoms with Gasteiger partial charge in [0.15, 0.2) is 0 Å². The molecule has 0 aliphatic carbocycles. The monoisotopic (exact) mass is 443 g/mol. The maximum absolute atomic E-state index is 11.1. The van der Waals surface area contributed by atoms with Crippen LogP contribution in [0.3, 0.4) is 0 Å². The van der Waals surface area contributed by atoms with E-state index < -0.39 is 25.4 Å². The van der Waals surface area contributed by atoms with Crippen molar-refractivity contribution in [2.45, 2.75) is 70.8 Å². The van der Waals surface area contributed by atoms with Crippen molar-refractivity contribution in [2.75, 3.05) is 26.4 Å². The summed E-state index contributed by atoms with van der Waals surface area (Å²) in [5.41, 5.74) is 3.94. The topological polar surface area (TPSA) is 113 Å². The molecule has 0 amide bonds.